The highest BCUT2D eigenvalue weighted by molar-refractivity contribution is 6.30. The van der Waals surface area contributed by atoms with E-state index in [2.05, 4.69) is 4.98 Å². The molecule has 1 aliphatic carbocycles. The largest absolute Gasteiger partial charge is 0.388 e. The summed E-state index contributed by atoms with van der Waals surface area (Å²) >= 11 is 6.05. The van der Waals surface area contributed by atoms with Gasteiger partial charge in [0.05, 0.1) is 18.8 Å². The number of benzene rings is 1. The second-order valence-electron chi connectivity index (χ2n) is 6.94. The quantitative estimate of drug-likeness (QED) is 0.787. The molecule has 5 nitrogen and oxygen atoms in total. The second kappa shape index (κ2) is 8.80. The first-order valence-corrected chi connectivity index (χ1v) is 9.54. The van der Waals surface area contributed by atoms with E-state index in [1.807, 2.05) is 35.2 Å². The summed E-state index contributed by atoms with van der Waals surface area (Å²) in [6.45, 7) is 1.09. The molecule has 1 heterocycles. The molecule has 1 aromatic heterocycles. The zero-order valence-corrected chi connectivity index (χ0v) is 16.0. The molecule has 0 unspecified atom stereocenters. The van der Waals surface area contributed by atoms with Crippen LogP contribution in [0.25, 0.3) is 0 Å². The van der Waals surface area contributed by atoms with Crippen LogP contribution in [0.15, 0.2) is 36.5 Å². The predicted molar refractivity (Wildman–Crippen MR) is 104 cm³/mol. The molecule has 0 radical (unpaired) electrons. The van der Waals surface area contributed by atoms with E-state index < -0.39 is 5.60 Å². The third kappa shape index (κ3) is 4.93. The lowest BCUT2D eigenvalue weighted by Crippen LogP contribution is -2.43. The van der Waals surface area contributed by atoms with E-state index in [0.29, 0.717) is 24.1 Å². The highest BCUT2D eigenvalue weighted by Crippen LogP contribution is 2.33. The minimum atomic E-state index is -0.718. The number of aliphatic hydroxyl groups is 1. The van der Waals surface area contributed by atoms with Crippen LogP contribution in [0.4, 0.5) is 11.6 Å². The van der Waals surface area contributed by atoms with Gasteiger partial charge in [-0.25, -0.2) is 9.97 Å². The molecule has 140 valence electrons. The van der Waals surface area contributed by atoms with Crippen molar-refractivity contribution < 1.29 is 9.84 Å². The van der Waals surface area contributed by atoms with Gasteiger partial charge in [-0.2, -0.15) is 0 Å². The standard InChI is InChI=1S/C20H26ClN3O2/c1-26-14-10-17-9-13-22-19(23-17)24(18-7-5-16(21)6-8-18)15-20(25)11-3-2-4-12-20/h5-9,13,25H,2-4,10-12,14-15H2,1H3. The number of hydrogen-bond acceptors (Lipinski definition) is 5. The Labute approximate surface area is 160 Å². The molecule has 0 saturated heterocycles. The van der Waals surface area contributed by atoms with Gasteiger partial charge in [0, 0.05) is 36.1 Å². The van der Waals surface area contributed by atoms with Gasteiger partial charge in [0.15, 0.2) is 0 Å². The second-order valence-corrected chi connectivity index (χ2v) is 7.37. The van der Waals surface area contributed by atoms with Crippen molar-refractivity contribution in [3.63, 3.8) is 0 Å². The molecular formula is C20H26ClN3O2. The molecule has 3 rings (SSSR count). The maximum Gasteiger partial charge on any atom is 0.230 e. The lowest BCUT2D eigenvalue weighted by atomic mass is 9.84. The number of nitrogens with zero attached hydrogens (tertiary/aromatic N) is 3. The first-order chi connectivity index (χ1) is 12.6. The first-order valence-electron chi connectivity index (χ1n) is 9.16. The van der Waals surface area contributed by atoms with E-state index >= 15 is 0 Å². The van der Waals surface area contributed by atoms with E-state index in [9.17, 15) is 5.11 Å². The van der Waals surface area contributed by atoms with Crippen molar-refractivity contribution in [2.24, 2.45) is 0 Å². The zero-order chi connectivity index (χ0) is 18.4. The topological polar surface area (TPSA) is 58.5 Å². The summed E-state index contributed by atoms with van der Waals surface area (Å²) in [7, 11) is 1.68. The summed E-state index contributed by atoms with van der Waals surface area (Å²) in [5.74, 6) is 0.597. The highest BCUT2D eigenvalue weighted by atomic mass is 35.5. The normalized spacial score (nSPS) is 16.4. The minimum absolute atomic E-state index is 0.475. The fraction of sp³-hybridized carbons (Fsp3) is 0.500. The Hall–Kier alpha value is -1.69. The number of aromatic nitrogens is 2. The van der Waals surface area contributed by atoms with Crippen LogP contribution in [-0.4, -0.2) is 40.9 Å². The molecule has 6 heteroatoms. The third-order valence-corrected chi connectivity index (χ3v) is 5.13. The van der Waals surface area contributed by atoms with Gasteiger partial charge in [-0.3, -0.25) is 0 Å². The van der Waals surface area contributed by atoms with Crippen LogP contribution in [0.1, 0.15) is 37.8 Å². The summed E-state index contributed by atoms with van der Waals surface area (Å²) in [6.07, 6.45) is 7.40. The minimum Gasteiger partial charge on any atom is -0.388 e. The molecule has 1 aliphatic rings. The summed E-state index contributed by atoms with van der Waals surface area (Å²) in [5, 5.41) is 11.8. The van der Waals surface area contributed by atoms with Gasteiger partial charge >= 0.3 is 0 Å². The number of anilines is 2. The molecule has 1 saturated carbocycles. The van der Waals surface area contributed by atoms with Crippen molar-refractivity contribution in [3.8, 4) is 0 Å². The summed E-state index contributed by atoms with van der Waals surface area (Å²) in [5.41, 5.74) is 1.13. The van der Waals surface area contributed by atoms with Gasteiger partial charge in [0.25, 0.3) is 0 Å². The van der Waals surface area contributed by atoms with Crippen molar-refractivity contribution in [3.05, 3.63) is 47.2 Å². The van der Waals surface area contributed by atoms with Crippen LogP contribution in [0.2, 0.25) is 5.02 Å². The Balaban J connectivity index is 1.90. The fourth-order valence-electron chi connectivity index (χ4n) is 3.42. The predicted octanol–water partition coefficient (Wildman–Crippen LogP) is 4.15. The number of hydrogen-bond donors (Lipinski definition) is 1. The van der Waals surface area contributed by atoms with Crippen LogP contribution in [0.5, 0.6) is 0 Å². The van der Waals surface area contributed by atoms with Crippen molar-refractivity contribution in [2.45, 2.75) is 44.1 Å². The smallest absolute Gasteiger partial charge is 0.230 e. The summed E-state index contributed by atoms with van der Waals surface area (Å²) < 4.78 is 5.15. The number of rotatable bonds is 7. The Kier molecular flexibility index (Phi) is 6.46. The number of methoxy groups -OCH3 is 1. The van der Waals surface area contributed by atoms with E-state index in [4.69, 9.17) is 21.3 Å². The Morgan fingerprint density at radius 2 is 1.88 bits per heavy atom. The molecule has 0 bridgehead atoms. The van der Waals surface area contributed by atoms with E-state index in [1.165, 1.54) is 6.42 Å². The number of ether oxygens (including phenoxy) is 1. The SMILES string of the molecule is COCCc1ccnc(N(CC2(O)CCCCC2)c2ccc(Cl)cc2)n1. The molecule has 26 heavy (non-hydrogen) atoms. The molecule has 2 aromatic rings. The van der Waals surface area contributed by atoms with Crippen molar-refractivity contribution in [1.82, 2.24) is 9.97 Å². The van der Waals surface area contributed by atoms with E-state index in [1.54, 1.807) is 13.3 Å². The van der Waals surface area contributed by atoms with Gasteiger partial charge in [0.2, 0.25) is 5.95 Å². The maximum absolute atomic E-state index is 11.1. The van der Waals surface area contributed by atoms with Gasteiger partial charge in [-0.1, -0.05) is 30.9 Å². The van der Waals surface area contributed by atoms with E-state index in [-0.39, 0.29) is 0 Å². The molecule has 1 aromatic carbocycles. The molecule has 0 aliphatic heterocycles. The van der Waals surface area contributed by atoms with Crippen LogP contribution in [0.3, 0.4) is 0 Å². The van der Waals surface area contributed by atoms with Gasteiger partial charge < -0.3 is 14.7 Å². The first kappa shape index (κ1) is 19.1. The Morgan fingerprint density at radius 3 is 2.58 bits per heavy atom. The third-order valence-electron chi connectivity index (χ3n) is 4.88. The fourth-order valence-corrected chi connectivity index (χ4v) is 3.55. The molecule has 0 spiro atoms. The van der Waals surface area contributed by atoms with E-state index in [0.717, 1.165) is 43.5 Å². The number of halogens is 1. The van der Waals surface area contributed by atoms with Crippen LogP contribution < -0.4 is 4.90 Å². The average molecular weight is 376 g/mol. The lowest BCUT2D eigenvalue weighted by molar-refractivity contribution is 0.0126. The maximum atomic E-state index is 11.1. The van der Waals surface area contributed by atoms with Crippen molar-refractivity contribution >= 4 is 23.2 Å². The van der Waals surface area contributed by atoms with Gasteiger partial charge in [-0.15, -0.1) is 0 Å². The van der Waals surface area contributed by atoms with Gasteiger partial charge in [0.1, 0.15) is 0 Å². The van der Waals surface area contributed by atoms with Crippen LogP contribution in [-0.2, 0) is 11.2 Å². The van der Waals surface area contributed by atoms with Crippen LogP contribution >= 0.6 is 11.6 Å². The van der Waals surface area contributed by atoms with Crippen LogP contribution in [0, 0.1) is 0 Å². The molecule has 0 atom stereocenters. The monoisotopic (exact) mass is 375 g/mol. The van der Waals surface area contributed by atoms with Crippen molar-refractivity contribution in [2.75, 3.05) is 25.2 Å². The average Bonchev–Trinajstić information content (AvgIpc) is 2.66. The summed E-state index contributed by atoms with van der Waals surface area (Å²) in [4.78, 5) is 11.2. The summed E-state index contributed by atoms with van der Waals surface area (Å²) in [6, 6.07) is 9.49. The molecular weight excluding hydrogens is 350 g/mol. The Morgan fingerprint density at radius 1 is 1.15 bits per heavy atom. The highest BCUT2D eigenvalue weighted by Gasteiger charge is 2.33. The molecule has 1 N–H and O–H groups in total. The zero-order valence-electron chi connectivity index (χ0n) is 15.2. The van der Waals surface area contributed by atoms with Crippen molar-refractivity contribution in [1.29, 1.82) is 0 Å². The Bertz CT molecular complexity index is 702. The molecule has 1 fully saturated rings. The molecule has 0 amide bonds. The van der Waals surface area contributed by atoms with Gasteiger partial charge in [-0.05, 0) is 43.2 Å². The lowest BCUT2D eigenvalue weighted by Gasteiger charge is -2.37.